The minimum atomic E-state index is -0.784. The fourth-order valence-electron chi connectivity index (χ4n) is 4.98. The van der Waals surface area contributed by atoms with Crippen LogP contribution in [-0.2, 0) is 24.3 Å². The Morgan fingerprint density at radius 3 is 2.39 bits per heavy atom. The first-order chi connectivity index (χ1) is 16.2. The molecule has 0 saturated carbocycles. The topological polar surface area (TPSA) is 69.9 Å². The minimum Gasteiger partial charge on any atom is -0.472 e. The van der Waals surface area contributed by atoms with Gasteiger partial charge < -0.3 is 9.32 Å². The van der Waals surface area contributed by atoms with E-state index in [2.05, 4.69) is 22.0 Å². The summed E-state index contributed by atoms with van der Waals surface area (Å²) >= 11 is 0. The second-order valence-corrected chi connectivity index (χ2v) is 8.82. The largest absolute Gasteiger partial charge is 0.472 e. The first kappa shape index (κ1) is 21.4. The van der Waals surface area contributed by atoms with Crippen molar-refractivity contribution in [2.45, 2.75) is 37.9 Å². The number of hydrogen-bond acceptors (Lipinski definition) is 5. The Morgan fingerprint density at radius 2 is 1.70 bits per heavy atom. The molecule has 7 nitrogen and oxygen atoms in total. The smallest absolute Gasteiger partial charge is 0.328 e. The molecular formula is C26H28N4O3. The Balaban J connectivity index is 1.36. The number of rotatable bonds is 7. The number of nitrogens with zero attached hydrogens (tertiary/aromatic N) is 4. The highest BCUT2D eigenvalue weighted by Gasteiger charge is 2.57. The molecule has 2 fully saturated rings. The van der Waals surface area contributed by atoms with Crippen LogP contribution in [0.1, 0.15) is 29.7 Å². The molecule has 2 aromatic heterocycles. The number of pyridine rings is 1. The molecule has 170 valence electrons. The van der Waals surface area contributed by atoms with Crippen LogP contribution in [0.25, 0.3) is 0 Å². The molecular weight excluding hydrogens is 416 g/mol. The zero-order valence-electron chi connectivity index (χ0n) is 18.6. The number of aromatic nitrogens is 1. The van der Waals surface area contributed by atoms with Crippen molar-refractivity contribution in [1.82, 2.24) is 19.7 Å². The maximum atomic E-state index is 13.7. The van der Waals surface area contributed by atoms with Gasteiger partial charge in [-0.2, -0.15) is 0 Å². The first-order valence-corrected chi connectivity index (χ1v) is 11.5. The summed E-state index contributed by atoms with van der Waals surface area (Å²) in [5, 5.41) is 0. The van der Waals surface area contributed by atoms with Gasteiger partial charge in [-0.1, -0.05) is 36.4 Å². The van der Waals surface area contributed by atoms with Gasteiger partial charge >= 0.3 is 6.03 Å². The Labute approximate surface area is 193 Å². The van der Waals surface area contributed by atoms with Crippen molar-refractivity contribution in [2.75, 3.05) is 19.6 Å². The molecule has 5 rings (SSSR count). The average molecular weight is 445 g/mol. The van der Waals surface area contributed by atoms with Gasteiger partial charge in [-0.25, -0.2) is 4.79 Å². The Hall–Kier alpha value is -3.45. The SMILES string of the molecule is O=C1N(Cc2ccccn2)C(=O)C2(CCN(Cc3ccoc3)CC2)N1CCc1ccccc1. The quantitative estimate of drug-likeness (QED) is 0.520. The maximum Gasteiger partial charge on any atom is 0.328 e. The normalized spacial score (nSPS) is 18.4. The number of hydrogen-bond donors (Lipinski definition) is 0. The summed E-state index contributed by atoms with van der Waals surface area (Å²) in [7, 11) is 0. The first-order valence-electron chi connectivity index (χ1n) is 11.5. The number of imide groups is 1. The molecule has 0 aliphatic carbocycles. The van der Waals surface area contributed by atoms with Crippen LogP contribution in [0.4, 0.5) is 4.79 Å². The predicted octanol–water partition coefficient (Wildman–Crippen LogP) is 3.72. The van der Waals surface area contributed by atoms with Gasteiger partial charge in [0.25, 0.3) is 5.91 Å². The lowest BCUT2D eigenvalue weighted by Gasteiger charge is -2.42. The highest BCUT2D eigenvalue weighted by Crippen LogP contribution is 2.38. The van der Waals surface area contributed by atoms with E-state index < -0.39 is 5.54 Å². The van der Waals surface area contributed by atoms with Gasteiger partial charge in [-0.05, 0) is 43.0 Å². The number of benzene rings is 1. The molecule has 0 N–H and O–H groups in total. The van der Waals surface area contributed by atoms with Gasteiger partial charge in [0.15, 0.2) is 0 Å². The summed E-state index contributed by atoms with van der Waals surface area (Å²) in [6.45, 7) is 3.03. The average Bonchev–Trinajstić information content (AvgIpc) is 3.43. The second kappa shape index (κ2) is 9.19. The van der Waals surface area contributed by atoms with Crippen molar-refractivity contribution in [2.24, 2.45) is 0 Å². The zero-order valence-corrected chi connectivity index (χ0v) is 18.6. The van der Waals surface area contributed by atoms with E-state index in [0.29, 0.717) is 19.4 Å². The van der Waals surface area contributed by atoms with Crippen LogP contribution in [-0.4, -0.2) is 56.8 Å². The molecule has 0 atom stereocenters. The zero-order chi connectivity index (χ0) is 22.7. The number of carbonyl (C=O) groups excluding carboxylic acids is 2. The standard InChI is InChI=1S/C26H28N4O3/c31-24-26(11-15-28(16-12-26)18-22-10-17-33-20-22)30(14-9-21-6-2-1-3-7-21)25(32)29(24)19-23-8-4-5-13-27-23/h1-8,10,13,17,20H,9,11-12,14-16,18-19H2. The lowest BCUT2D eigenvalue weighted by molar-refractivity contribution is -0.136. The highest BCUT2D eigenvalue weighted by atomic mass is 16.3. The number of furan rings is 1. The van der Waals surface area contributed by atoms with Crippen molar-refractivity contribution >= 4 is 11.9 Å². The molecule has 0 bridgehead atoms. The van der Waals surface area contributed by atoms with E-state index in [4.69, 9.17) is 4.42 Å². The molecule has 33 heavy (non-hydrogen) atoms. The highest BCUT2D eigenvalue weighted by molar-refractivity contribution is 6.07. The van der Waals surface area contributed by atoms with E-state index in [1.54, 1.807) is 18.7 Å². The van der Waals surface area contributed by atoms with Crippen LogP contribution in [0, 0.1) is 0 Å². The van der Waals surface area contributed by atoms with Crippen molar-refractivity contribution < 1.29 is 14.0 Å². The van der Waals surface area contributed by atoms with Gasteiger partial charge in [-0.3, -0.25) is 19.6 Å². The molecule has 2 saturated heterocycles. The Kier molecular flexibility index (Phi) is 5.96. The molecule has 1 spiro atoms. The molecule has 3 amide bonds. The van der Waals surface area contributed by atoms with Gasteiger partial charge in [0, 0.05) is 37.9 Å². The molecule has 4 heterocycles. The van der Waals surface area contributed by atoms with E-state index in [0.717, 1.165) is 42.9 Å². The number of urea groups is 1. The summed E-state index contributed by atoms with van der Waals surface area (Å²) in [6.07, 6.45) is 7.11. The van der Waals surface area contributed by atoms with Crippen LogP contribution in [0.2, 0.25) is 0 Å². The summed E-state index contributed by atoms with van der Waals surface area (Å²) < 4.78 is 5.20. The molecule has 1 aromatic carbocycles. The van der Waals surface area contributed by atoms with Gasteiger partial charge in [-0.15, -0.1) is 0 Å². The van der Waals surface area contributed by atoms with E-state index in [1.807, 2.05) is 47.4 Å². The van der Waals surface area contributed by atoms with Gasteiger partial charge in [0.2, 0.25) is 0 Å². The predicted molar refractivity (Wildman–Crippen MR) is 123 cm³/mol. The Morgan fingerprint density at radius 1 is 0.909 bits per heavy atom. The Bertz CT molecular complexity index is 1080. The van der Waals surface area contributed by atoms with E-state index in [9.17, 15) is 9.59 Å². The fraction of sp³-hybridized carbons (Fsp3) is 0.346. The maximum absolute atomic E-state index is 13.7. The lowest BCUT2D eigenvalue weighted by atomic mass is 9.85. The fourth-order valence-corrected chi connectivity index (χ4v) is 4.98. The number of carbonyl (C=O) groups is 2. The van der Waals surface area contributed by atoms with Crippen molar-refractivity contribution in [3.63, 3.8) is 0 Å². The summed E-state index contributed by atoms with van der Waals surface area (Å²) in [5.41, 5.74) is 2.22. The number of amides is 3. The van der Waals surface area contributed by atoms with Crippen molar-refractivity contribution in [1.29, 1.82) is 0 Å². The van der Waals surface area contributed by atoms with E-state index in [1.165, 1.54) is 4.90 Å². The molecule has 2 aliphatic rings. The monoisotopic (exact) mass is 444 g/mol. The van der Waals surface area contributed by atoms with Crippen LogP contribution in [0.15, 0.2) is 77.7 Å². The molecule has 7 heteroatoms. The third-order valence-corrected chi connectivity index (χ3v) is 6.80. The van der Waals surface area contributed by atoms with Crippen molar-refractivity contribution in [3.05, 3.63) is 90.1 Å². The molecule has 0 radical (unpaired) electrons. The second-order valence-electron chi connectivity index (χ2n) is 8.82. The molecule has 0 unspecified atom stereocenters. The number of piperidine rings is 1. The number of likely N-dealkylation sites (tertiary alicyclic amines) is 1. The molecule has 3 aromatic rings. The summed E-state index contributed by atoms with van der Waals surface area (Å²) in [4.78, 5) is 37.2. The molecule has 2 aliphatic heterocycles. The van der Waals surface area contributed by atoms with E-state index in [-0.39, 0.29) is 18.5 Å². The third-order valence-electron chi connectivity index (χ3n) is 6.80. The van der Waals surface area contributed by atoms with Crippen molar-refractivity contribution in [3.8, 4) is 0 Å². The third kappa shape index (κ3) is 4.28. The van der Waals surface area contributed by atoms with E-state index >= 15 is 0 Å². The lowest BCUT2D eigenvalue weighted by Crippen LogP contribution is -2.56. The summed E-state index contributed by atoms with van der Waals surface area (Å²) in [6, 6.07) is 17.5. The van der Waals surface area contributed by atoms with Crippen LogP contribution in [0.5, 0.6) is 0 Å². The van der Waals surface area contributed by atoms with Crippen LogP contribution < -0.4 is 0 Å². The van der Waals surface area contributed by atoms with Gasteiger partial charge in [0.1, 0.15) is 5.54 Å². The van der Waals surface area contributed by atoms with Gasteiger partial charge in [0.05, 0.1) is 24.8 Å². The minimum absolute atomic E-state index is 0.0887. The summed E-state index contributed by atoms with van der Waals surface area (Å²) in [5.74, 6) is -0.0887. The van der Waals surface area contributed by atoms with Crippen LogP contribution in [0.3, 0.4) is 0 Å². The van der Waals surface area contributed by atoms with Crippen LogP contribution >= 0.6 is 0 Å².